The first-order valence-corrected chi connectivity index (χ1v) is 5.29. The van der Waals surface area contributed by atoms with E-state index in [2.05, 4.69) is 18.3 Å². The summed E-state index contributed by atoms with van der Waals surface area (Å²) in [6, 6.07) is 0. The highest BCUT2D eigenvalue weighted by atomic mass is 16.5. The first-order valence-electron chi connectivity index (χ1n) is 5.29. The zero-order valence-electron chi connectivity index (χ0n) is 10.6. The van der Waals surface area contributed by atoms with Crippen LogP contribution in [0.15, 0.2) is 40.8 Å². The van der Waals surface area contributed by atoms with Crippen LogP contribution in [0, 0.1) is 0 Å². The van der Waals surface area contributed by atoms with Crippen LogP contribution in [0.1, 0.15) is 34.6 Å². The van der Waals surface area contributed by atoms with Crippen LogP contribution in [0.3, 0.4) is 0 Å². The summed E-state index contributed by atoms with van der Waals surface area (Å²) >= 11 is 0. The average molecular weight is 209 g/mol. The number of ether oxygens (including phenoxy) is 1. The third kappa shape index (κ3) is 7.74. The minimum atomic E-state index is 0.572. The lowest BCUT2D eigenvalue weighted by Gasteiger charge is -2.07. The number of nitrogens with zero attached hydrogens (tertiary/aromatic N) is 1. The molecule has 0 saturated carbocycles. The van der Waals surface area contributed by atoms with E-state index in [1.807, 2.05) is 46.8 Å². The molecule has 0 unspecified atom stereocenters. The third-order valence-electron chi connectivity index (χ3n) is 1.59. The quantitative estimate of drug-likeness (QED) is 0.379. The lowest BCUT2D eigenvalue weighted by Crippen LogP contribution is -1.93. The molecule has 0 aliphatic carbocycles. The van der Waals surface area contributed by atoms with Crippen LogP contribution in [0.2, 0.25) is 0 Å². The Balaban J connectivity index is 0. The monoisotopic (exact) mass is 209 g/mol. The molecule has 0 bridgehead atoms. The van der Waals surface area contributed by atoms with Crippen LogP contribution in [0.5, 0.6) is 0 Å². The van der Waals surface area contributed by atoms with Gasteiger partial charge < -0.3 is 4.74 Å². The molecule has 0 rings (SSSR count). The molecular formula is C13H23NO. The largest absolute Gasteiger partial charge is 0.492 e. The van der Waals surface area contributed by atoms with E-state index in [4.69, 9.17) is 4.74 Å². The van der Waals surface area contributed by atoms with Crippen molar-refractivity contribution in [3.63, 3.8) is 0 Å². The van der Waals surface area contributed by atoms with Crippen molar-refractivity contribution < 1.29 is 4.74 Å². The third-order valence-corrected chi connectivity index (χ3v) is 1.59. The second-order valence-corrected chi connectivity index (χ2v) is 2.58. The van der Waals surface area contributed by atoms with Crippen LogP contribution < -0.4 is 0 Å². The van der Waals surface area contributed by atoms with Crippen molar-refractivity contribution in [1.29, 1.82) is 0 Å². The molecule has 0 radical (unpaired) electrons. The molecule has 0 aromatic carbocycles. The van der Waals surface area contributed by atoms with Crippen molar-refractivity contribution in [2.24, 2.45) is 4.99 Å². The van der Waals surface area contributed by atoms with Crippen molar-refractivity contribution in [3.05, 3.63) is 35.8 Å². The number of hydrogen-bond acceptors (Lipinski definition) is 2. The highest BCUT2D eigenvalue weighted by Crippen LogP contribution is 2.13. The number of allylic oxidation sites excluding steroid dienone is 3. The van der Waals surface area contributed by atoms with Crippen LogP contribution in [-0.4, -0.2) is 13.3 Å². The van der Waals surface area contributed by atoms with E-state index in [-0.39, 0.29) is 0 Å². The molecule has 0 aliphatic rings. The highest BCUT2D eigenvalue weighted by molar-refractivity contribution is 5.37. The van der Waals surface area contributed by atoms with E-state index in [9.17, 15) is 0 Å². The molecule has 0 atom stereocenters. The van der Waals surface area contributed by atoms with Crippen LogP contribution in [0.4, 0.5) is 0 Å². The molecule has 86 valence electrons. The van der Waals surface area contributed by atoms with E-state index in [1.165, 1.54) is 0 Å². The molecule has 0 saturated heterocycles. The van der Waals surface area contributed by atoms with Gasteiger partial charge in [0.15, 0.2) is 0 Å². The predicted octanol–water partition coefficient (Wildman–Crippen LogP) is 4.11. The predicted molar refractivity (Wildman–Crippen MR) is 69.2 cm³/mol. The first kappa shape index (κ1) is 16.1. The number of rotatable bonds is 5. The minimum absolute atomic E-state index is 0.572. The van der Waals surface area contributed by atoms with E-state index in [0.29, 0.717) is 18.1 Å². The molecule has 0 spiro atoms. The fourth-order valence-corrected chi connectivity index (χ4v) is 0.732. The summed E-state index contributed by atoms with van der Waals surface area (Å²) in [4.78, 5) is 3.73. The topological polar surface area (TPSA) is 21.6 Å². The van der Waals surface area contributed by atoms with Gasteiger partial charge in [-0.3, -0.25) is 4.99 Å². The Labute approximate surface area is 94.1 Å². The van der Waals surface area contributed by atoms with E-state index in [1.54, 1.807) is 0 Å². The molecule has 0 heterocycles. The van der Waals surface area contributed by atoms with Crippen LogP contribution >= 0.6 is 0 Å². The van der Waals surface area contributed by atoms with Gasteiger partial charge in [-0.25, -0.2) is 0 Å². The van der Waals surface area contributed by atoms with Gasteiger partial charge in [-0.2, -0.15) is 0 Å². The second-order valence-electron chi connectivity index (χ2n) is 2.58. The zero-order chi connectivity index (χ0) is 12.3. The fraction of sp³-hybridized carbons (Fsp3) is 0.462. The lowest BCUT2D eigenvalue weighted by atomic mass is 10.2. The molecule has 2 heteroatoms. The molecule has 0 aliphatic heterocycles. The second kappa shape index (κ2) is 10.8. The summed E-state index contributed by atoms with van der Waals surface area (Å²) in [6.45, 7) is 17.6. The number of hydrogen-bond donors (Lipinski definition) is 0. The van der Waals surface area contributed by atoms with Crippen molar-refractivity contribution in [2.75, 3.05) is 6.61 Å². The van der Waals surface area contributed by atoms with Crippen molar-refractivity contribution in [2.45, 2.75) is 34.6 Å². The van der Waals surface area contributed by atoms with Crippen molar-refractivity contribution >= 4 is 6.72 Å². The van der Waals surface area contributed by atoms with Gasteiger partial charge in [-0.05, 0) is 33.6 Å². The minimum Gasteiger partial charge on any atom is -0.492 e. The van der Waals surface area contributed by atoms with Crippen LogP contribution in [-0.2, 0) is 4.74 Å². The molecule has 0 aromatic rings. The number of aliphatic imine (C=N–C) groups is 1. The lowest BCUT2D eigenvalue weighted by molar-refractivity contribution is 0.237. The summed E-state index contributed by atoms with van der Waals surface area (Å²) < 4.78 is 5.35. The molecule has 0 amide bonds. The van der Waals surface area contributed by atoms with Gasteiger partial charge in [0.2, 0.25) is 0 Å². The maximum absolute atomic E-state index is 5.35. The van der Waals surface area contributed by atoms with E-state index >= 15 is 0 Å². The van der Waals surface area contributed by atoms with Crippen molar-refractivity contribution in [3.8, 4) is 0 Å². The van der Waals surface area contributed by atoms with Crippen molar-refractivity contribution in [1.82, 2.24) is 0 Å². The summed E-state index contributed by atoms with van der Waals surface area (Å²) in [7, 11) is 0. The van der Waals surface area contributed by atoms with Gasteiger partial charge in [-0.15, -0.1) is 0 Å². The van der Waals surface area contributed by atoms with E-state index in [0.717, 1.165) is 5.57 Å². The van der Waals surface area contributed by atoms with Gasteiger partial charge in [-0.1, -0.05) is 32.1 Å². The Morgan fingerprint density at radius 3 is 2.27 bits per heavy atom. The summed E-state index contributed by atoms with van der Waals surface area (Å²) in [5, 5.41) is 0. The molecule has 0 aromatic heterocycles. The Bertz CT molecular complexity index is 249. The van der Waals surface area contributed by atoms with Crippen LogP contribution in [0.25, 0.3) is 0 Å². The zero-order valence-corrected chi connectivity index (χ0v) is 10.6. The molecule has 2 nitrogen and oxygen atoms in total. The Morgan fingerprint density at radius 1 is 1.40 bits per heavy atom. The summed E-state index contributed by atoms with van der Waals surface area (Å²) in [5.74, 6) is 0.688. The van der Waals surface area contributed by atoms with Gasteiger partial charge in [0.05, 0.1) is 12.3 Å². The van der Waals surface area contributed by atoms with E-state index < -0.39 is 0 Å². The molecular weight excluding hydrogens is 186 g/mol. The highest BCUT2D eigenvalue weighted by Gasteiger charge is 2.00. The molecule has 0 fully saturated rings. The van der Waals surface area contributed by atoms with Gasteiger partial charge in [0.25, 0.3) is 0 Å². The Hall–Kier alpha value is -1.31. The maximum atomic E-state index is 5.35. The normalized spacial score (nSPS) is 11.3. The first-order chi connectivity index (χ1) is 7.15. The average Bonchev–Trinajstić information content (AvgIpc) is 2.29. The maximum Gasteiger partial charge on any atom is 0.144 e. The molecule has 0 N–H and O–H groups in total. The Kier molecular flexibility index (Phi) is 11.6. The SMILES string of the molecule is C=NC(=C)/C(=C\C(C)=C/C)OCC.CC. The van der Waals surface area contributed by atoms with Gasteiger partial charge >= 0.3 is 0 Å². The van der Waals surface area contributed by atoms with Gasteiger partial charge in [0, 0.05) is 0 Å². The molecule has 15 heavy (non-hydrogen) atoms. The smallest absolute Gasteiger partial charge is 0.144 e. The summed E-state index contributed by atoms with van der Waals surface area (Å²) in [5.41, 5.74) is 1.69. The summed E-state index contributed by atoms with van der Waals surface area (Å²) in [6.07, 6.45) is 3.90. The van der Waals surface area contributed by atoms with Gasteiger partial charge in [0.1, 0.15) is 5.76 Å². The fourth-order valence-electron chi connectivity index (χ4n) is 0.732. The standard InChI is InChI=1S/C11H17NO.C2H6/c1-6-9(3)8-11(13-7-2)10(4)12-5;1-2/h6,8H,4-5,7H2,1-3H3;1-2H3/b9-6-,11-8+;. The Morgan fingerprint density at radius 2 is 1.93 bits per heavy atom.